The number of halogens is 10. The van der Waals surface area contributed by atoms with E-state index in [0.29, 0.717) is 37.3 Å². The molecular formula is C30H32Cl3F7N4O2. The standard InChI is InChI=1S/C30H29F7N4O2.3ClH/c31-25-4-3-19(13-27(25)42)12-24-18-40(9-8-39-7-5-26-20(17-39)2-1-6-38-26)10-11-41(24)28(43)21-14-22(29(32,33)34)16-23(15-21)30(35,36)37;;;/h1-4,6,13-16,24,42H,5,7-12,17-18H2;3*1H/t24-;;;/m1.../s1. The van der Waals surface area contributed by atoms with Crippen LogP contribution in [0.3, 0.4) is 0 Å². The molecule has 0 unspecified atom stereocenters. The van der Waals surface area contributed by atoms with Gasteiger partial charge < -0.3 is 10.0 Å². The fourth-order valence-corrected chi connectivity index (χ4v) is 5.66. The number of nitrogens with zero attached hydrogens (tertiary/aromatic N) is 4. The first-order valence-electron chi connectivity index (χ1n) is 13.7. The summed E-state index contributed by atoms with van der Waals surface area (Å²) < 4.78 is 94.6. The number of pyridine rings is 1. The minimum Gasteiger partial charge on any atom is -0.505 e. The Morgan fingerprint density at radius 3 is 2.15 bits per heavy atom. The van der Waals surface area contributed by atoms with Crippen molar-refractivity contribution >= 4 is 43.1 Å². The number of amides is 1. The molecule has 46 heavy (non-hydrogen) atoms. The topological polar surface area (TPSA) is 59.9 Å². The van der Waals surface area contributed by atoms with Crippen LogP contribution in [0.1, 0.15) is 38.3 Å². The van der Waals surface area contributed by atoms with E-state index in [-0.39, 0.29) is 62.8 Å². The van der Waals surface area contributed by atoms with Crippen LogP contribution in [0.4, 0.5) is 30.7 Å². The highest BCUT2D eigenvalue weighted by Crippen LogP contribution is 2.37. The Balaban J connectivity index is 0.00000245. The highest BCUT2D eigenvalue weighted by molar-refractivity contribution is 5.95. The molecule has 0 saturated carbocycles. The van der Waals surface area contributed by atoms with Crippen molar-refractivity contribution in [2.75, 3.05) is 39.3 Å². The Kier molecular flexibility index (Phi) is 13.5. The number of rotatable bonds is 6. The molecule has 1 saturated heterocycles. The van der Waals surface area contributed by atoms with E-state index >= 15 is 0 Å². The van der Waals surface area contributed by atoms with Gasteiger partial charge in [0.25, 0.3) is 5.91 Å². The van der Waals surface area contributed by atoms with Gasteiger partial charge in [-0.1, -0.05) is 12.1 Å². The third-order valence-corrected chi connectivity index (χ3v) is 7.92. The molecule has 6 nitrogen and oxygen atoms in total. The van der Waals surface area contributed by atoms with Crippen LogP contribution in [0.5, 0.6) is 5.75 Å². The number of aromatic hydroxyl groups is 1. The van der Waals surface area contributed by atoms with Gasteiger partial charge in [0.05, 0.1) is 11.1 Å². The number of hydrogen-bond donors (Lipinski definition) is 1. The highest BCUT2D eigenvalue weighted by Gasteiger charge is 2.39. The largest absolute Gasteiger partial charge is 0.505 e. The summed E-state index contributed by atoms with van der Waals surface area (Å²) in [6.45, 7) is 3.56. The number of fused-ring (bicyclic) bond motifs is 1. The Labute approximate surface area is 279 Å². The molecule has 0 aliphatic carbocycles. The highest BCUT2D eigenvalue weighted by atomic mass is 35.5. The van der Waals surface area contributed by atoms with Gasteiger partial charge in [0.2, 0.25) is 0 Å². The van der Waals surface area contributed by atoms with Crippen molar-refractivity contribution in [1.29, 1.82) is 0 Å². The molecule has 2 aromatic carbocycles. The number of piperazine rings is 1. The average molecular weight is 720 g/mol. The Morgan fingerprint density at radius 1 is 0.870 bits per heavy atom. The number of carbonyl (C=O) groups excluding carboxylic acids is 1. The fourth-order valence-electron chi connectivity index (χ4n) is 5.66. The van der Waals surface area contributed by atoms with Crippen molar-refractivity contribution in [3.63, 3.8) is 0 Å². The van der Waals surface area contributed by atoms with Crippen molar-refractivity contribution in [3.05, 3.63) is 94.1 Å². The van der Waals surface area contributed by atoms with Gasteiger partial charge in [-0.15, -0.1) is 37.2 Å². The molecule has 2 aliphatic rings. The van der Waals surface area contributed by atoms with E-state index in [1.165, 1.54) is 17.0 Å². The molecule has 0 spiro atoms. The molecule has 1 atom stereocenters. The maximum atomic E-state index is 13.7. The lowest BCUT2D eigenvalue weighted by Gasteiger charge is -2.42. The van der Waals surface area contributed by atoms with Crippen LogP contribution in [0.15, 0.2) is 54.7 Å². The van der Waals surface area contributed by atoms with Gasteiger partial charge in [-0.05, 0) is 53.9 Å². The van der Waals surface area contributed by atoms with Gasteiger partial charge in [0, 0.05) is 75.7 Å². The molecule has 254 valence electrons. The summed E-state index contributed by atoms with van der Waals surface area (Å²) in [5.41, 5.74) is -1.17. The van der Waals surface area contributed by atoms with Crippen molar-refractivity contribution in [2.45, 2.75) is 37.8 Å². The van der Waals surface area contributed by atoms with Gasteiger partial charge in [-0.2, -0.15) is 26.3 Å². The molecule has 0 bridgehead atoms. The third kappa shape index (κ3) is 9.37. The predicted octanol–water partition coefficient (Wildman–Crippen LogP) is 6.66. The summed E-state index contributed by atoms with van der Waals surface area (Å²) in [6.07, 6.45) is -7.51. The minimum absolute atomic E-state index is 0. The van der Waals surface area contributed by atoms with E-state index in [1.54, 1.807) is 6.20 Å². The average Bonchev–Trinajstić information content (AvgIpc) is 2.96. The molecular weight excluding hydrogens is 688 g/mol. The number of hydrogen-bond acceptors (Lipinski definition) is 5. The summed E-state index contributed by atoms with van der Waals surface area (Å²) in [6, 6.07) is 7.79. The molecule has 3 heterocycles. The van der Waals surface area contributed by atoms with Crippen molar-refractivity contribution in [1.82, 2.24) is 19.7 Å². The van der Waals surface area contributed by atoms with E-state index < -0.39 is 52.6 Å². The summed E-state index contributed by atoms with van der Waals surface area (Å²) in [4.78, 5) is 23.6. The predicted molar refractivity (Wildman–Crippen MR) is 164 cm³/mol. The van der Waals surface area contributed by atoms with Crippen LogP contribution in [-0.4, -0.2) is 76.0 Å². The zero-order valence-electron chi connectivity index (χ0n) is 24.2. The molecule has 16 heteroatoms. The number of carbonyl (C=O) groups is 1. The van der Waals surface area contributed by atoms with Crippen LogP contribution in [0.2, 0.25) is 0 Å². The Morgan fingerprint density at radius 2 is 1.52 bits per heavy atom. The lowest BCUT2D eigenvalue weighted by Crippen LogP contribution is -2.57. The molecule has 5 rings (SSSR count). The number of aromatic nitrogens is 1. The first-order chi connectivity index (χ1) is 20.3. The van der Waals surface area contributed by atoms with E-state index in [1.807, 2.05) is 12.1 Å². The third-order valence-electron chi connectivity index (χ3n) is 7.92. The van der Waals surface area contributed by atoms with Gasteiger partial charge in [-0.3, -0.25) is 19.6 Å². The lowest BCUT2D eigenvalue weighted by atomic mass is 9.98. The number of phenols is 1. The van der Waals surface area contributed by atoms with Crippen LogP contribution in [0.25, 0.3) is 0 Å². The van der Waals surface area contributed by atoms with Gasteiger partial charge in [0.1, 0.15) is 0 Å². The second-order valence-corrected chi connectivity index (χ2v) is 10.9. The van der Waals surface area contributed by atoms with E-state index in [2.05, 4.69) is 14.8 Å². The monoisotopic (exact) mass is 718 g/mol. The summed E-state index contributed by atoms with van der Waals surface area (Å²) in [5.74, 6) is -2.41. The van der Waals surface area contributed by atoms with Crippen LogP contribution >= 0.6 is 37.2 Å². The fraction of sp³-hybridized carbons (Fsp3) is 0.400. The van der Waals surface area contributed by atoms with Gasteiger partial charge >= 0.3 is 12.4 Å². The second kappa shape index (κ2) is 15.8. The van der Waals surface area contributed by atoms with E-state index in [0.717, 1.165) is 36.8 Å². The van der Waals surface area contributed by atoms with E-state index in [4.69, 9.17) is 0 Å². The van der Waals surface area contributed by atoms with E-state index in [9.17, 15) is 40.6 Å². The lowest BCUT2D eigenvalue weighted by molar-refractivity contribution is -0.143. The van der Waals surface area contributed by atoms with Gasteiger partial charge in [-0.25, -0.2) is 4.39 Å². The summed E-state index contributed by atoms with van der Waals surface area (Å²) in [5, 5.41) is 9.86. The Bertz CT molecular complexity index is 1460. The maximum Gasteiger partial charge on any atom is 0.416 e. The quantitative estimate of drug-likeness (QED) is 0.289. The zero-order valence-corrected chi connectivity index (χ0v) is 26.6. The molecule has 3 aromatic rings. The van der Waals surface area contributed by atoms with Crippen molar-refractivity contribution in [3.8, 4) is 5.75 Å². The number of phenolic OH excluding ortho intramolecular Hbond substituents is 1. The number of alkyl halides is 6. The normalized spacial score (nSPS) is 17.3. The smallest absolute Gasteiger partial charge is 0.416 e. The molecule has 0 radical (unpaired) electrons. The molecule has 1 amide bonds. The van der Waals surface area contributed by atoms with Crippen LogP contribution in [0, 0.1) is 5.82 Å². The SMILES string of the molecule is Cl.Cl.Cl.O=C(c1cc(C(F)(F)F)cc(C(F)(F)F)c1)N1CCN(CCN2CCc3ncccc3C2)C[C@H]1Cc1ccc(F)c(O)c1. The Hall–Kier alpha value is -2.84. The zero-order chi connectivity index (χ0) is 30.9. The van der Waals surface area contributed by atoms with Gasteiger partial charge in [0.15, 0.2) is 11.6 Å². The molecule has 1 aromatic heterocycles. The second-order valence-electron chi connectivity index (χ2n) is 10.9. The first kappa shape index (κ1) is 39.3. The maximum absolute atomic E-state index is 13.7. The molecule has 1 fully saturated rings. The van der Waals surface area contributed by atoms with Crippen molar-refractivity contribution < 1.29 is 40.6 Å². The molecule has 1 N–H and O–H groups in total. The summed E-state index contributed by atoms with van der Waals surface area (Å²) in [7, 11) is 0. The van der Waals surface area contributed by atoms with Crippen LogP contribution < -0.4 is 0 Å². The number of benzene rings is 2. The molecule has 2 aliphatic heterocycles. The van der Waals surface area contributed by atoms with Crippen molar-refractivity contribution in [2.24, 2.45) is 0 Å². The van der Waals surface area contributed by atoms with Crippen LogP contribution in [-0.2, 0) is 31.7 Å². The first-order valence-corrected chi connectivity index (χ1v) is 13.7. The summed E-state index contributed by atoms with van der Waals surface area (Å²) >= 11 is 0. The minimum atomic E-state index is -5.09.